The standard InChI is InChI=1S/C18H22N2O3/c21-12-18-11-20(8-15(18)6-7-22-13-18)9-16-10-23-17(19-16)14-4-2-1-3-5-14/h1-5,10,15,21H,6-9,11-13H2/t15-,18+/m0/s1. The largest absolute Gasteiger partial charge is 0.444 e. The zero-order chi connectivity index (χ0) is 15.7. The average molecular weight is 314 g/mol. The smallest absolute Gasteiger partial charge is 0.226 e. The molecule has 0 radical (unpaired) electrons. The molecule has 2 fully saturated rings. The molecule has 2 aliphatic rings. The van der Waals surface area contributed by atoms with Crippen molar-refractivity contribution >= 4 is 0 Å². The molecule has 1 N–H and O–H groups in total. The molecule has 2 atom stereocenters. The first-order valence-corrected chi connectivity index (χ1v) is 8.20. The van der Waals surface area contributed by atoms with Gasteiger partial charge in [0.1, 0.15) is 6.26 Å². The molecule has 0 aliphatic carbocycles. The van der Waals surface area contributed by atoms with Crippen molar-refractivity contribution in [3.05, 3.63) is 42.3 Å². The SMILES string of the molecule is OC[C@]12COCC[C@H]1CN(Cc1coc(-c3ccccc3)n1)C2. The molecule has 4 rings (SSSR count). The Labute approximate surface area is 135 Å². The highest BCUT2D eigenvalue weighted by molar-refractivity contribution is 5.52. The Kier molecular flexibility index (Phi) is 3.93. The highest BCUT2D eigenvalue weighted by Crippen LogP contribution is 2.41. The predicted molar refractivity (Wildman–Crippen MR) is 85.7 cm³/mol. The van der Waals surface area contributed by atoms with Gasteiger partial charge in [-0.05, 0) is 24.5 Å². The molecule has 5 heteroatoms. The summed E-state index contributed by atoms with van der Waals surface area (Å²) in [6, 6.07) is 9.94. The number of benzene rings is 1. The van der Waals surface area contributed by atoms with Gasteiger partial charge in [0.05, 0.1) is 18.9 Å². The van der Waals surface area contributed by atoms with Gasteiger partial charge in [-0.15, -0.1) is 0 Å². The van der Waals surface area contributed by atoms with Gasteiger partial charge in [-0.1, -0.05) is 18.2 Å². The summed E-state index contributed by atoms with van der Waals surface area (Å²) in [6.07, 6.45) is 2.78. The molecule has 2 aliphatic heterocycles. The zero-order valence-corrected chi connectivity index (χ0v) is 13.1. The van der Waals surface area contributed by atoms with Gasteiger partial charge in [-0.25, -0.2) is 4.98 Å². The van der Waals surface area contributed by atoms with Crippen molar-refractivity contribution in [3.8, 4) is 11.5 Å². The van der Waals surface area contributed by atoms with Crippen molar-refractivity contribution < 1.29 is 14.3 Å². The number of aliphatic hydroxyl groups is 1. The van der Waals surface area contributed by atoms with Crippen LogP contribution in [0.3, 0.4) is 0 Å². The third kappa shape index (κ3) is 2.80. The van der Waals surface area contributed by atoms with Crippen molar-refractivity contribution in [1.82, 2.24) is 9.88 Å². The molecular weight excluding hydrogens is 292 g/mol. The van der Waals surface area contributed by atoms with Gasteiger partial charge in [0, 0.05) is 37.2 Å². The quantitative estimate of drug-likeness (QED) is 0.937. The first kappa shape index (κ1) is 14.9. The van der Waals surface area contributed by atoms with Crippen LogP contribution in [0, 0.1) is 11.3 Å². The van der Waals surface area contributed by atoms with Crippen molar-refractivity contribution in [3.63, 3.8) is 0 Å². The molecule has 5 nitrogen and oxygen atoms in total. The number of hydrogen-bond donors (Lipinski definition) is 1. The fourth-order valence-corrected chi connectivity index (χ4v) is 3.87. The van der Waals surface area contributed by atoms with Crippen LogP contribution >= 0.6 is 0 Å². The minimum Gasteiger partial charge on any atom is -0.444 e. The predicted octanol–water partition coefficient (Wildman–Crippen LogP) is 2.17. The highest BCUT2D eigenvalue weighted by atomic mass is 16.5. The number of hydrogen-bond acceptors (Lipinski definition) is 5. The van der Waals surface area contributed by atoms with E-state index in [1.54, 1.807) is 6.26 Å². The molecular formula is C18H22N2O3. The topological polar surface area (TPSA) is 58.7 Å². The number of nitrogens with zero attached hydrogens (tertiary/aromatic N) is 2. The van der Waals surface area contributed by atoms with Crippen molar-refractivity contribution in [2.24, 2.45) is 11.3 Å². The highest BCUT2D eigenvalue weighted by Gasteiger charge is 2.48. The van der Waals surface area contributed by atoms with Crippen molar-refractivity contribution in [1.29, 1.82) is 0 Å². The zero-order valence-electron chi connectivity index (χ0n) is 13.1. The lowest BCUT2D eigenvalue weighted by Gasteiger charge is -2.36. The third-order valence-electron chi connectivity index (χ3n) is 5.16. The molecule has 0 amide bonds. The lowest BCUT2D eigenvalue weighted by atomic mass is 9.76. The average Bonchev–Trinajstić information content (AvgIpc) is 3.20. The number of aliphatic hydroxyl groups excluding tert-OH is 1. The van der Waals surface area contributed by atoms with E-state index in [9.17, 15) is 5.11 Å². The molecule has 3 heterocycles. The number of oxazole rings is 1. The van der Waals surface area contributed by atoms with Crippen LogP contribution in [0.2, 0.25) is 0 Å². The van der Waals surface area contributed by atoms with Crippen molar-refractivity contribution in [2.75, 3.05) is 32.9 Å². The van der Waals surface area contributed by atoms with E-state index in [0.717, 1.165) is 43.9 Å². The summed E-state index contributed by atoms with van der Waals surface area (Å²) in [5.41, 5.74) is 1.84. The molecule has 0 saturated carbocycles. The molecule has 0 spiro atoms. The maximum atomic E-state index is 9.85. The van der Waals surface area contributed by atoms with Crippen molar-refractivity contribution in [2.45, 2.75) is 13.0 Å². The van der Waals surface area contributed by atoms with Crippen LogP contribution in [0.4, 0.5) is 0 Å². The van der Waals surface area contributed by atoms with E-state index < -0.39 is 0 Å². The Morgan fingerprint density at radius 1 is 1.30 bits per heavy atom. The lowest BCUT2D eigenvalue weighted by molar-refractivity contribution is -0.0561. The molecule has 2 aromatic rings. The van der Waals surface area contributed by atoms with Gasteiger partial charge < -0.3 is 14.3 Å². The van der Waals surface area contributed by atoms with Gasteiger partial charge in [0.15, 0.2) is 0 Å². The van der Waals surface area contributed by atoms with E-state index in [1.165, 1.54) is 0 Å². The van der Waals surface area contributed by atoms with E-state index in [-0.39, 0.29) is 12.0 Å². The first-order chi connectivity index (χ1) is 11.3. The van der Waals surface area contributed by atoms with Crippen LogP contribution in [0.15, 0.2) is 41.0 Å². The molecule has 2 saturated heterocycles. The Hall–Kier alpha value is -1.69. The van der Waals surface area contributed by atoms with Crippen LogP contribution < -0.4 is 0 Å². The van der Waals surface area contributed by atoms with E-state index >= 15 is 0 Å². The Morgan fingerprint density at radius 2 is 2.17 bits per heavy atom. The second-order valence-corrected chi connectivity index (χ2v) is 6.74. The van der Waals surface area contributed by atoms with E-state index in [0.29, 0.717) is 18.4 Å². The minimum absolute atomic E-state index is 0.0930. The number of rotatable bonds is 4. The minimum atomic E-state index is -0.0930. The second kappa shape index (κ2) is 6.07. The second-order valence-electron chi connectivity index (χ2n) is 6.74. The molecule has 122 valence electrons. The van der Waals surface area contributed by atoms with Gasteiger partial charge in [0.2, 0.25) is 5.89 Å². The summed E-state index contributed by atoms with van der Waals surface area (Å²) in [4.78, 5) is 6.97. The maximum Gasteiger partial charge on any atom is 0.226 e. The third-order valence-corrected chi connectivity index (χ3v) is 5.16. The summed E-state index contributed by atoms with van der Waals surface area (Å²) in [5.74, 6) is 1.18. The maximum absolute atomic E-state index is 9.85. The monoisotopic (exact) mass is 314 g/mol. The molecule has 0 unspecified atom stereocenters. The first-order valence-electron chi connectivity index (χ1n) is 8.20. The number of ether oxygens (including phenoxy) is 1. The Morgan fingerprint density at radius 3 is 2.96 bits per heavy atom. The number of fused-ring (bicyclic) bond motifs is 1. The molecule has 1 aromatic heterocycles. The molecule has 23 heavy (non-hydrogen) atoms. The van der Waals surface area contributed by atoms with Crippen LogP contribution in [0.25, 0.3) is 11.5 Å². The Balaban J connectivity index is 1.46. The Bertz CT molecular complexity index is 657. The van der Waals surface area contributed by atoms with Gasteiger partial charge in [0.25, 0.3) is 0 Å². The van der Waals surface area contributed by atoms with E-state index in [4.69, 9.17) is 9.15 Å². The van der Waals surface area contributed by atoms with Gasteiger partial charge in [-0.3, -0.25) is 4.90 Å². The summed E-state index contributed by atoms with van der Waals surface area (Å²) >= 11 is 0. The van der Waals surface area contributed by atoms with Crippen LogP contribution in [-0.2, 0) is 11.3 Å². The molecule has 0 bridgehead atoms. The lowest BCUT2D eigenvalue weighted by Crippen LogP contribution is -2.42. The number of likely N-dealkylation sites (tertiary alicyclic amines) is 1. The van der Waals surface area contributed by atoms with Crippen LogP contribution in [0.1, 0.15) is 12.1 Å². The number of aromatic nitrogens is 1. The van der Waals surface area contributed by atoms with E-state index in [1.807, 2.05) is 30.3 Å². The fourth-order valence-electron chi connectivity index (χ4n) is 3.87. The summed E-state index contributed by atoms with van der Waals surface area (Å²) in [5, 5.41) is 9.85. The van der Waals surface area contributed by atoms with Gasteiger partial charge in [-0.2, -0.15) is 0 Å². The fraction of sp³-hybridized carbons (Fsp3) is 0.500. The van der Waals surface area contributed by atoms with Crippen LogP contribution in [-0.4, -0.2) is 47.9 Å². The molecule has 1 aromatic carbocycles. The summed E-state index contributed by atoms with van der Waals surface area (Å²) in [6.45, 7) is 4.29. The van der Waals surface area contributed by atoms with Gasteiger partial charge >= 0.3 is 0 Å². The van der Waals surface area contributed by atoms with Crippen LogP contribution in [0.5, 0.6) is 0 Å². The van der Waals surface area contributed by atoms with E-state index in [2.05, 4.69) is 9.88 Å². The normalized spacial score (nSPS) is 28.0. The summed E-state index contributed by atoms with van der Waals surface area (Å²) < 4.78 is 11.2. The summed E-state index contributed by atoms with van der Waals surface area (Å²) in [7, 11) is 0.